The fourth-order valence-electron chi connectivity index (χ4n) is 3.28. The first-order valence-electron chi connectivity index (χ1n) is 10.4. The Hall–Kier alpha value is -3.87. The molecule has 0 bridgehead atoms. The number of hydrazone groups is 1. The number of benzene rings is 3. The van der Waals surface area contributed by atoms with Gasteiger partial charge in [0.2, 0.25) is 12.7 Å². The molecule has 0 aliphatic carbocycles. The van der Waals surface area contributed by atoms with E-state index in [0.29, 0.717) is 28.6 Å². The Kier molecular flexibility index (Phi) is 7.65. The average molecular weight is 589 g/mol. The number of non-ortho nitro benzene ring substituents is 1. The predicted molar refractivity (Wildman–Crippen MR) is 135 cm³/mol. The van der Waals surface area contributed by atoms with Gasteiger partial charge in [-0.2, -0.15) is 5.10 Å². The highest BCUT2D eigenvalue weighted by Crippen LogP contribution is 2.34. The minimum atomic E-state index is -0.448. The van der Waals surface area contributed by atoms with E-state index in [-0.39, 0.29) is 31.4 Å². The Balaban J connectivity index is 1.36. The molecule has 0 saturated heterocycles. The van der Waals surface area contributed by atoms with E-state index in [1.807, 2.05) is 6.07 Å². The number of halogens is 1. The highest BCUT2D eigenvalue weighted by molar-refractivity contribution is 14.1. The van der Waals surface area contributed by atoms with Gasteiger partial charge in [0, 0.05) is 12.1 Å². The zero-order chi connectivity index (χ0) is 24.8. The summed E-state index contributed by atoms with van der Waals surface area (Å²) < 4.78 is 22.7. The zero-order valence-corrected chi connectivity index (χ0v) is 20.7. The molecule has 0 fully saturated rings. The molecule has 1 heterocycles. The van der Waals surface area contributed by atoms with Crippen molar-refractivity contribution in [1.82, 2.24) is 5.43 Å². The van der Waals surface area contributed by atoms with E-state index < -0.39 is 4.92 Å². The number of fused-ring (bicyclic) bond motifs is 1. The quantitative estimate of drug-likeness (QED) is 0.172. The monoisotopic (exact) mass is 589 g/mol. The number of nitro groups is 1. The van der Waals surface area contributed by atoms with E-state index in [2.05, 4.69) is 33.1 Å². The lowest BCUT2D eigenvalue weighted by Crippen LogP contribution is -2.19. The van der Waals surface area contributed by atoms with Crippen molar-refractivity contribution in [3.63, 3.8) is 0 Å². The number of hydrogen-bond donors (Lipinski definition) is 1. The molecule has 1 amide bonds. The molecule has 1 aliphatic heterocycles. The van der Waals surface area contributed by atoms with Crippen molar-refractivity contribution < 1.29 is 28.7 Å². The second-order valence-electron chi connectivity index (χ2n) is 7.40. The van der Waals surface area contributed by atoms with Crippen LogP contribution in [-0.4, -0.2) is 30.9 Å². The number of nitrogens with zero attached hydrogens (tertiary/aromatic N) is 2. The van der Waals surface area contributed by atoms with Crippen molar-refractivity contribution in [2.45, 2.75) is 13.0 Å². The molecular weight excluding hydrogens is 569 g/mol. The van der Waals surface area contributed by atoms with Crippen LogP contribution in [0.3, 0.4) is 0 Å². The number of methoxy groups -OCH3 is 1. The fraction of sp³-hybridized carbons (Fsp3) is 0.167. The first kappa shape index (κ1) is 24.3. The van der Waals surface area contributed by atoms with Crippen LogP contribution in [0.25, 0.3) is 0 Å². The first-order valence-corrected chi connectivity index (χ1v) is 11.4. The van der Waals surface area contributed by atoms with Crippen molar-refractivity contribution in [2.24, 2.45) is 5.10 Å². The molecule has 4 rings (SSSR count). The lowest BCUT2D eigenvalue weighted by Gasteiger charge is -2.13. The summed E-state index contributed by atoms with van der Waals surface area (Å²) in [6, 6.07) is 15.1. The number of carbonyl (C=O) groups is 1. The summed E-state index contributed by atoms with van der Waals surface area (Å²) in [5.74, 6) is 2.04. The van der Waals surface area contributed by atoms with Gasteiger partial charge in [-0.25, -0.2) is 5.43 Å². The van der Waals surface area contributed by atoms with Gasteiger partial charge in [0.15, 0.2) is 23.0 Å². The Morgan fingerprint density at radius 1 is 1.14 bits per heavy atom. The Morgan fingerprint density at radius 2 is 1.89 bits per heavy atom. The largest absolute Gasteiger partial charge is 0.493 e. The summed E-state index contributed by atoms with van der Waals surface area (Å²) in [5, 5.41) is 14.8. The molecule has 35 heavy (non-hydrogen) atoms. The van der Waals surface area contributed by atoms with Gasteiger partial charge >= 0.3 is 0 Å². The standard InChI is InChI=1S/C24H20IN3O7/c1-32-22-10-17(8-19(25)24(22)33-13-15-2-5-18(6-3-15)28(30)31)12-26-27-23(29)11-16-4-7-20-21(9-16)35-14-34-20/h2-10,12H,11,13-14H2,1H3,(H,27,29)/b26-12-. The van der Waals surface area contributed by atoms with Crippen LogP contribution in [0.1, 0.15) is 16.7 Å². The SMILES string of the molecule is COc1cc(/C=N\NC(=O)Cc2ccc3c(c2)OCO3)cc(I)c1OCc1ccc([N+](=O)[O-])cc1. The van der Waals surface area contributed by atoms with Gasteiger partial charge < -0.3 is 18.9 Å². The molecular formula is C24H20IN3O7. The second kappa shape index (κ2) is 11.0. The molecule has 180 valence electrons. The minimum Gasteiger partial charge on any atom is -0.493 e. The van der Waals surface area contributed by atoms with Crippen LogP contribution >= 0.6 is 22.6 Å². The van der Waals surface area contributed by atoms with Gasteiger partial charge in [-0.15, -0.1) is 0 Å². The lowest BCUT2D eigenvalue weighted by molar-refractivity contribution is -0.384. The topological polar surface area (TPSA) is 122 Å². The maximum Gasteiger partial charge on any atom is 0.269 e. The van der Waals surface area contributed by atoms with Crippen LogP contribution < -0.4 is 24.4 Å². The number of ether oxygens (including phenoxy) is 4. The van der Waals surface area contributed by atoms with Crippen molar-refractivity contribution in [2.75, 3.05) is 13.9 Å². The van der Waals surface area contributed by atoms with Crippen LogP contribution in [0, 0.1) is 13.7 Å². The summed E-state index contributed by atoms with van der Waals surface area (Å²) in [6.45, 7) is 0.395. The van der Waals surface area contributed by atoms with Gasteiger partial charge in [-0.05, 0) is 75.7 Å². The van der Waals surface area contributed by atoms with E-state index >= 15 is 0 Å². The number of nitro benzene ring substituents is 1. The molecule has 3 aromatic rings. The molecule has 1 N–H and O–H groups in total. The Morgan fingerprint density at radius 3 is 2.63 bits per heavy atom. The van der Waals surface area contributed by atoms with Crippen LogP contribution in [0.15, 0.2) is 59.7 Å². The molecule has 11 heteroatoms. The predicted octanol–water partition coefficient (Wildman–Crippen LogP) is 4.21. The van der Waals surface area contributed by atoms with E-state index in [0.717, 1.165) is 14.7 Å². The third-order valence-electron chi connectivity index (χ3n) is 4.99. The number of amides is 1. The molecule has 0 saturated carbocycles. The third-order valence-corrected chi connectivity index (χ3v) is 5.79. The van der Waals surface area contributed by atoms with Crippen molar-refractivity contribution in [3.05, 3.63) is 85.0 Å². The molecule has 0 spiro atoms. The molecule has 1 aliphatic rings. The van der Waals surface area contributed by atoms with Gasteiger partial charge in [0.1, 0.15) is 6.61 Å². The van der Waals surface area contributed by atoms with Crippen LogP contribution in [-0.2, 0) is 17.8 Å². The van der Waals surface area contributed by atoms with E-state index in [1.165, 1.54) is 25.5 Å². The molecule has 0 aromatic heterocycles. The third kappa shape index (κ3) is 6.18. The fourth-order valence-corrected chi connectivity index (χ4v) is 4.06. The lowest BCUT2D eigenvalue weighted by atomic mass is 10.1. The molecule has 3 aromatic carbocycles. The van der Waals surface area contributed by atoms with Gasteiger partial charge in [-0.1, -0.05) is 6.07 Å². The van der Waals surface area contributed by atoms with Crippen molar-refractivity contribution in [3.8, 4) is 23.0 Å². The maximum absolute atomic E-state index is 12.2. The Bertz CT molecular complexity index is 1280. The van der Waals surface area contributed by atoms with E-state index in [1.54, 1.807) is 36.4 Å². The molecule has 0 radical (unpaired) electrons. The summed E-state index contributed by atoms with van der Waals surface area (Å²) >= 11 is 2.12. The van der Waals surface area contributed by atoms with Crippen molar-refractivity contribution >= 4 is 40.4 Å². The summed E-state index contributed by atoms with van der Waals surface area (Å²) in [6.07, 6.45) is 1.66. The van der Waals surface area contributed by atoms with Crippen LogP contribution in [0.5, 0.6) is 23.0 Å². The van der Waals surface area contributed by atoms with E-state index in [9.17, 15) is 14.9 Å². The van der Waals surface area contributed by atoms with Gasteiger partial charge in [-0.3, -0.25) is 14.9 Å². The molecule has 10 nitrogen and oxygen atoms in total. The highest BCUT2D eigenvalue weighted by atomic mass is 127. The second-order valence-corrected chi connectivity index (χ2v) is 8.57. The van der Waals surface area contributed by atoms with Gasteiger partial charge in [0.25, 0.3) is 5.69 Å². The summed E-state index contributed by atoms with van der Waals surface area (Å²) in [5.41, 5.74) is 4.81. The summed E-state index contributed by atoms with van der Waals surface area (Å²) in [7, 11) is 1.53. The Labute approximate surface area is 214 Å². The summed E-state index contributed by atoms with van der Waals surface area (Å²) in [4.78, 5) is 22.6. The number of hydrogen-bond acceptors (Lipinski definition) is 8. The average Bonchev–Trinajstić information content (AvgIpc) is 3.31. The maximum atomic E-state index is 12.2. The minimum absolute atomic E-state index is 0.0209. The van der Waals surface area contributed by atoms with Gasteiger partial charge in [0.05, 0.1) is 28.2 Å². The van der Waals surface area contributed by atoms with Crippen LogP contribution in [0.4, 0.5) is 5.69 Å². The number of carbonyl (C=O) groups excluding carboxylic acids is 1. The van der Waals surface area contributed by atoms with E-state index in [4.69, 9.17) is 18.9 Å². The first-order chi connectivity index (χ1) is 16.9. The zero-order valence-electron chi connectivity index (χ0n) is 18.5. The number of nitrogens with one attached hydrogen (secondary N) is 1. The van der Waals surface area contributed by atoms with Crippen LogP contribution in [0.2, 0.25) is 0 Å². The normalized spacial score (nSPS) is 11.9. The van der Waals surface area contributed by atoms with Crippen molar-refractivity contribution in [1.29, 1.82) is 0 Å². The smallest absolute Gasteiger partial charge is 0.269 e. The molecule has 0 unspecified atom stereocenters. The highest BCUT2D eigenvalue weighted by Gasteiger charge is 2.15. The molecule has 0 atom stereocenters. The number of rotatable bonds is 9.